The zero-order valence-corrected chi connectivity index (χ0v) is 12.7. The molecule has 8 heteroatoms. The summed E-state index contributed by atoms with van der Waals surface area (Å²) in [6.07, 6.45) is -0.966. The van der Waals surface area contributed by atoms with Gasteiger partial charge < -0.3 is 9.42 Å². The van der Waals surface area contributed by atoms with Crippen molar-refractivity contribution in [2.75, 3.05) is 18.0 Å². The van der Waals surface area contributed by atoms with Gasteiger partial charge in [0, 0.05) is 31.6 Å². The third kappa shape index (κ3) is 3.46. The minimum Gasteiger partial charge on any atom is -0.356 e. The molecule has 2 aromatic heterocycles. The Morgan fingerprint density at radius 2 is 2.17 bits per heavy atom. The normalized spacial score (nSPS) is 19.1. The lowest BCUT2D eigenvalue weighted by Crippen LogP contribution is -2.35. The lowest BCUT2D eigenvalue weighted by Gasteiger charge is -2.32. The Kier molecular flexibility index (Phi) is 4.23. The van der Waals surface area contributed by atoms with E-state index in [1.54, 1.807) is 0 Å². The van der Waals surface area contributed by atoms with E-state index in [1.807, 2.05) is 11.8 Å². The predicted octanol–water partition coefficient (Wildman–Crippen LogP) is 3.43. The first-order valence-corrected chi connectivity index (χ1v) is 7.58. The number of alkyl halides is 3. The van der Waals surface area contributed by atoms with Gasteiger partial charge in [-0.1, -0.05) is 12.1 Å². The second-order valence-electron chi connectivity index (χ2n) is 5.59. The lowest BCUT2D eigenvalue weighted by molar-refractivity contribution is -0.137. The molecular formula is C15H17F3N4O. The van der Waals surface area contributed by atoms with Gasteiger partial charge in [-0.2, -0.15) is 18.2 Å². The van der Waals surface area contributed by atoms with Crippen LogP contribution in [0.15, 0.2) is 22.9 Å². The highest BCUT2D eigenvalue weighted by Gasteiger charge is 2.31. The van der Waals surface area contributed by atoms with E-state index in [2.05, 4.69) is 15.1 Å². The highest BCUT2D eigenvalue weighted by molar-refractivity contribution is 5.41. The van der Waals surface area contributed by atoms with E-state index in [0.29, 0.717) is 30.5 Å². The molecule has 0 aliphatic carbocycles. The quantitative estimate of drug-likeness (QED) is 0.865. The molecule has 0 saturated carbocycles. The van der Waals surface area contributed by atoms with Crippen molar-refractivity contribution in [1.29, 1.82) is 0 Å². The zero-order valence-electron chi connectivity index (χ0n) is 12.7. The summed E-state index contributed by atoms with van der Waals surface area (Å²) in [4.78, 5) is 10.3. The summed E-state index contributed by atoms with van der Waals surface area (Å²) < 4.78 is 42.9. The van der Waals surface area contributed by atoms with Crippen LogP contribution in [0.5, 0.6) is 0 Å². The maximum Gasteiger partial charge on any atom is 0.417 e. The molecule has 0 spiro atoms. The third-order valence-electron chi connectivity index (χ3n) is 3.97. The number of anilines is 1. The minimum atomic E-state index is -4.36. The highest BCUT2D eigenvalue weighted by Crippen LogP contribution is 2.31. The molecule has 1 aliphatic rings. The number of aryl methyl sites for hydroxylation is 1. The number of nitrogens with zero attached hydrogens (tertiary/aromatic N) is 4. The van der Waals surface area contributed by atoms with E-state index in [0.717, 1.165) is 31.6 Å². The van der Waals surface area contributed by atoms with E-state index in [-0.39, 0.29) is 5.92 Å². The molecule has 0 radical (unpaired) electrons. The minimum absolute atomic E-state index is 0.108. The van der Waals surface area contributed by atoms with Crippen LogP contribution in [0.3, 0.4) is 0 Å². The number of rotatable bonds is 3. The first-order valence-electron chi connectivity index (χ1n) is 7.58. The topological polar surface area (TPSA) is 55.1 Å². The van der Waals surface area contributed by atoms with Crippen LogP contribution >= 0.6 is 0 Å². The van der Waals surface area contributed by atoms with Crippen LogP contribution in [0, 0.1) is 0 Å². The monoisotopic (exact) mass is 326 g/mol. The Balaban J connectivity index is 1.73. The van der Waals surface area contributed by atoms with Gasteiger partial charge in [0.1, 0.15) is 5.82 Å². The molecule has 2 aromatic rings. The second-order valence-corrected chi connectivity index (χ2v) is 5.59. The van der Waals surface area contributed by atoms with Gasteiger partial charge in [0.05, 0.1) is 5.56 Å². The summed E-state index contributed by atoms with van der Waals surface area (Å²) in [5, 5.41) is 4.00. The largest absolute Gasteiger partial charge is 0.417 e. The Morgan fingerprint density at radius 3 is 2.78 bits per heavy atom. The highest BCUT2D eigenvalue weighted by atomic mass is 19.4. The summed E-state index contributed by atoms with van der Waals surface area (Å²) in [5.41, 5.74) is -0.736. The summed E-state index contributed by atoms with van der Waals surface area (Å²) >= 11 is 0. The summed E-state index contributed by atoms with van der Waals surface area (Å²) in [6.45, 7) is 3.32. The standard InChI is InChI=1S/C15H17F3N4O/c1-2-13-20-14(21-23-13)10-4-3-7-22(9-10)12-6-5-11(8-19-12)15(16,17)18/h5-6,8,10H,2-4,7,9H2,1H3. The SMILES string of the molecule is CCc1nc(C2CCCN(c3ccc(C(F)(F)F)cn3)C2)no1. The molecular weight excluding hydrogens is 309 g/mol. The molecule has 0 bridgehead atoms. The molecule has 124 valence electrons. The maximum atomic E-state index is 12.6. The average molecular weight is 326 g/mol. The van der Waals surface area contributed by atoms with Crippen molar-refractivity contribution in [3.05, 3.63) is 35.6 Å². The van der Waals surface area contributed by atoms with Crippen LogP contribution < -0.4 is 4.90 Å². The molecule has 23 heavy (non-hydrogen) atoms. The van der Waals surface area contributed by atoms with Gasteiger partial charge in [-0.3, -0.25) is 0 Å². The fourth-order valence-corrected chi connectivity index (χ4v) is 2.71. The smallest absolute Gasteiger partial charge is 0.356 e. The van der Waals surface area contributed by atoms with Gasteiger partial charge in [-0.25, -0.2) is 4.98 Å². The van der Waals surface area contributed by atoms with Crippen molar-refractivity contribution in [3.63, 3.8) is 0 Å². The first-order chi connectivity index (χ1) is 11.0. The van der Waals surface area contributed by atoms with Gasteiger partial charge in [0.2, 0.25) is 5.89 Å². The van der Waals surface area contributed by atoms with E-state index in [1.165, 1.54) is 6.07 Å². The first kappa shape index (κ1) is 15.8. The number of halogens is 3. The van der Waals surface area contributed by atoms with Crippen LogP contribution in [-0.4, -0.2) is 28.2 Å². The van der Waals surface area contributed by atoms with Gasteiger partial charge in [-0.05, 0) is 25.0 Å². The van der Waals surface area contributed by atoms with Gasteiger partial charge >= 0.3 is 6.18 Å². The molecule has 0 N–H and O–H groups in total. The Morgan fingerprint density at radius 1 is 1.35 bits per heavy atom. The fourth-order valence-electron chi connectivity index (χ4n) is 2.71. The molecule has 1 unspecified atom stereocenters. The van der Waals surface area contributed by atoms with Crippen molar-refractivity contribution in [2.45, 2.75) is 38.3 Å². The molecule has 1 saturated heterocycles. The van der Waals surface area contributed by atoms with Crippen LogP contribution in [0.25, 0.3) is 0 Å². The van der Waals surface area contributed by atoms with Gasteiger partial charge in [-0.15, -0.1) is 0 Å². The summed E-state index contributed by atoms with van der Waals surface area (Å²) in [6, 6.07) is 2.48. The molecule has 0 amide bonds. The number of hydrogen-bond donors (Lipinski definition) is 0. The number of pyridine rings is 1. The van der Waals surface area contributed by atoms with E-state index in [4.69, 9.17) is 4.52 Å². The molecule has 1 fully saturated rings. The van der Waals surface area contributed by atoms with Crippen molar-refractivity contribution < 1.29 is 17.7 Å². The Bertz CT molecular complexity index is 653. The lowest BCUT2D eigenvalue weighted by atomic mass is 9.97. The number of piperidine rings is 1. The van der Waals surface area contributed by atoms with Crippen LogP contribution in [0.2, 0.25) is 0 Å². The zero-order chi connectivity index (χ0) is 16.4. The van der Waals surface area contributed by atoms with E-state index < -0.39 is 11.7 Å². The summed E-state index contributed by atoms with van der Waals surface area (Å²) in [5.74, 6) is 1.92. The van der Waals surface area contributed by atoms with Crippen molar-refractivity contribution >= 4 is 5.82 Å². The number of aromatic nitrogens is 3. The maximum absolute atomic E-state index is 12.6. The van der Waals surface area contributed by atoms with Crippen LogP contribution in [-0.2, 0) is 12.6 Å². The third-order valence-corrected chi connectivity index (χ3v) is 3.97. The van der Waals surface area contributed by atoms with Gasteiger partial charge in [0.15, 0.2) is 5.82 Å². The Labute approximate surface area is 131 Å². The average Bonchev–Trinajstić information content (AvgIpc) is 3.03. The predicted molar refractivity (Wildman–Crippen MR) is 77.1 cm³/mol. The molecule has 3 heterocycles. The Hall–Kier alpha value is -2.12. The van der Waals surface area contributed by atoms with E-state index >= 15 is 0 Å². The van der Waals surface area contributed by atoms with Crippen molar-refractivity contribution in [3.8, 4) is 0 Å². The molecule has 1 atom stereocenters. The van der Waals surface area contributed by atoms with Crippen LogP contribution in [0.4, 0.5) is 19.0 Å². The summed E-state index contributed by atoms with van der Waals surface area (Å²) in [7, 11) is 0. The van der Waals surface area contributed by atoms with Crippen LogP contribution in [0.1, 0.15) is 43.0 Å². The van der Waals surface area contributed by atoms with Crippen molar-refractivity contribution in [1.82, 2.24) is 15.1 Å². The second kappa shape index (κ2) is 6.17. The van der Waals surface area contributed by atoms with Gasteiger partial charge in [0.25, 0.3) is 0 Å². The molecule has 1 aliphatic heterocycles. The molecule has 0 aromatic carbocycles. The fraction of sp³-hybridized carbons (Fsp3) is 0.533. The van der Waals surface area contributed by atoms with Crippen molar-refractivity contribution in [2.24, 2.45) is 0 Å². The molecule has 5 nitrogen and oxygen atoms in total. The van der Waals surface area contributed by atoms with E-state index in [9.17, 15) is 13.2 Å². The molecule has 3 rings (SSSR count). The number of hydrogen-bond acceptors (Lipinski definition) is 5.